The van der Waals surface area contributed by atoms with Gasteiger partial charge in [0.05, 0.1) is 11.4 Å². The molecular formula is C30H31ClIN11O. The van der Waals surface area contributed by atoms with E-state index < -0.39 is 0 Å². The van der Waals surface area contributed by atoms with Crippen LogP contribution in [0.3, 0.4) is 0 Å². The van der Waals surface area contributed by atoms with Crippen molar-refractivity contribution in [1.29, 1.82) is 5.26 Å². The standard InChI is InChI=1S/C30H31ClIN11O/c1-29(2,3)23-21(15-33)26(40-38-23)39-37-22-24(30(4,5)6)41-43-27(22)36-25(42-43)17-7-9-19(10-8-17)34-28(44)35-20-12-16(14-32)11-18(31)13-20/h7-13,41H,14H2,1-6H3,(H,38,40)(H2,34,35,44). The third-order valence-electron chi connectivity index (χ3n) is 6.65. The first-order valence-corrected chi connectivity index (χ1v) is 15.6. The van der Waals surface area contributed by atoms with E-state index in [2.05, 4.69) is 69.9 Å². The summed E-state index contributed by atoms with van der Waals surface area (Å²) in [5.74, 6) is 0.672. The number of urea groups is 1. The number of H-pyrrole nitrogens is 2. The molecule has 0 aliphatic rings. The summed E-state index contributed by atoms with van der Waals surface area (Å²) in [5.41, 5.74) is 5.14. The summed E-state index contributed by atoms with van der Waals surface area (Å²) in [6, 6.07) is 14.4. The van der Waals surface area contributed by atoms with Gasteiger partial charge in [0.15, 0.2) is 11.5 Å². The molecule has 3 aromatic heterocycles. The van der Waals surface area contributed by atoms with Crippen molar-refractivity contribution >= 4 is 68.8 Å². The van der Waals surface area contributed by atoms with E-state index in [-0.39, 0.29) is 22.7 Å². The van der Waals surface area contributed by atoms with E-state index >= 15 is 0 Å². The van der Waals surface area contributed by atoms with Crippen molar-refractivity contribution in [3.63, 3.8) is 0 Å². The van der Waals surface area contributed by atoms with Gasteiger partial charge >= 0.3 is 6.03 Å². The predicted octanol–water partition coefficient (Wildman–Crippen LogP) is 8.56. The van der Waals surface area contributed by atoms with Crippen LogP contribution in [0.1, 0.15) is 64.1 Å². The van der Waals surface area contributed by atoms with Crippen LogP contribution < -0.4 is 10.6 Å². The highest BCUT2D eigenvalue weighted by Gasteiger charge is 2.27. The molecule has 226 valence electrons. The molecule has 0 aliphatic heterocycles. The number of rotatable bonds is 6. The van der Waals surface area contributed by atoms with Gasteiger partial charge in [0.25, 0.3) is 0 Å². The van der Waals surface area contributed by atoms with Gasteiger partial charge in [-0.3, -0.25) is 10.2 Å². The van der Waals surface area contributed by atoms with Crippen LogP contribution >= 0.6 is 34.2 Å². The summed E-state index contributed by atoms with van der Waals surface area (Å²) in [6.07, 6.45) is 0. The zero-order valence-electron chi connectivity index (χ0n) is 25.0. The molecule has 4 N–H and O–H groups in total. The van der Waals surface area contributed by atoms with E-state index in [1.54, 1.807) is 22.8 Å². The van der Waals surface area contributed by atoms with Crippen molar-refractivity contribution in [3.8, 4) is 17.5 Å². The summed E-state index contributed by atoms with van der Waals surface area (Å²) < 4.78 is 2.34. The molecule has 5 aromatic rings. The zero-order valence-corrected chi connectivity index (χ0v) is 28.0. The van der Waals surface area contributed by atoms with Gasteiger partial charge in [-0.15, -0.1) is 15.3 Å². The SMILES string of the molecule is CC(C)(C)c1[nH]nc(N=Nc2c(C(C)(C)C)[nH]n3nc(-c4ccc(NC(=O)Nc5cc(Cl)cc(CI)c5)cc4)nc23)c1C#N. The Balaban J connectivity index is 1.39. The Morgan fingerprint density at radius 3 is 2.34 bits per heavy atom. The number of hydrogen-bond acceptors (Lipinski definition) is 7. The van der Waals surface area contributed by atoms with E-state index in [9.17, 15) is 10.1 Å². The largest absolute Gasteiger partial charge is 0.323 e. The zero-order chi connectivity index (χ0) is 31.8. The van der Waals surface area contributed by atoms with E-state index in [0.29, 0.717) is 44.8 Å². The highest BCUT2D eigenvalue weighted by Crippen LogP contribution is 2.36. The lowest BCUT2D eigenvalue weighted by molar-refractivity contribution is 0.262. The maximum atomic E-state index is 12.6. The Hall–Kier alpha value is -4.29. The van der Waals surface area contributed by atoms with E-state index in [4.69, 9.17) is 16.6 Å². The summed E-state index contributed by atoms with van der Waals surface area (Å²) in [5, 5.41) is 39.9. The normalized spacial score (nSPS) is 12.2. The van der Waals surface area contributed by atoms with Gasteiger partial charge < -0.3 is 10.6 Å². The van der Waals surface area contributed by atoms with Gasteiger partial charge in [0.2, 0.25) is 11.5 Å². The van der Waals surface area contributed by atoms with Gasteiger partial charge in [-0.1, -0.05) is 75.7 Å². The Morgan fingerprint density at radius 1 is 1.02 bits per heavy atom. The number of carbonyl (C=O) groups excluding carboxylic acids is 1. The molecule has 12 nitrogen and oxygen atoms in total. The molecule has 0 saturated carbocycles. The number of anilines is 2. The number of azo groups is 1. The molecule has 0 radical (unpaired) electrons. The average molecular weight is 724 g/mol. The van der Waals surface area contributed by atoms with Crippen LogP contribution in [0.15, 0.2) is 52.7 Å². The number of aromatic amines is 2. The lowest BCUT2D eigenvalue weighted by Gasteiger charge is -2.16. The molecule has 0 bridgehead atoms. The third-order valence-corrected chi connectivity index (χ3v) is 7.75. The molecule has 0 atom stereocenters. The Labute approximate surface area is 272 Å². The van der Waals surface area contributed by atoms with Crippen LogP contribution in [0.2, 0.25) is 5.02 Å². The molecule has 14 heteroatoms. The van der Waals surface area contributed by atoms with Crippen molar-refractivity contribution in [1.82, 2.24) is 30.0 Å². The molecule has 0 spiro atoms. The van der Waals surface area contributed by atoms with Gasteiger partial charge in [0, 0.05) is 37.2 Å². The number of amides is 2. The Kier molecular flexibility index (Phi) is 8.50. The van der Waals surface area contributed by atoms with Crippen molar-refractivity contribution in [2.45, 2.75) is 56.8 Å². The Morgan fingerprint density at radius 2 is 1.70 bits per heavy atom. The lowest BCUT2D eigenvalue weighted by atomic mass is 9.90. The molecule has 0 fully saturated rings. The van der Waals surface area contributed by atoms with Gasteiger partial charge in [-0.25, -0.2) is 9.78 Å². The number of fused-ring (bicyclic) bond motifs is 1. The summed E-state index contributed by atoms with van der Waals surface area (Å²) in [7, 11) is 0. The summed E-state index contributed by atoms with van der Waals surface area (Å²) >= 11 is 8.41. The number of aromatic nitrogens is 6. The fraction of sp³-hybridized carbons (Fsp3) is 0.300. The average Bonchev–Trinajstić information content (AvgIpc) is 3.64. The van der Waals surface area contributed by atoms with Gasteiger partial charge in [-0.2, -0.15) is 15.0 Å². The second-order valence-corrected chi connectivity index (χ2v) is 13.5. The van der Waals surface area contributed by atoms with Crippen LogP contribution in [0.4, 0.5) is 27.7 Å². The molecule has 0 aliphatic carbocycles. The monoisotopic (exact) mass is 723 g/mol. The minimum Gasteiger partial charge on any atom is -0.308 e. The number of benzene rings is 2. The number of nitrogens with one attached hydrogen (secondary N) is 4. The minimum absolute atomic E-state index is 0.212. The van der Waals surface area contributed by atoms with E-state index in [1.165, 1.54) is 0 Å². The quantitative estimate of drug-likeness (QED) is 0.0782. The van der Waals surface area contributed by atoms with Crippen LogP contribution in [-0.2, 0) is 15.3 Å². The predicted molar refractivity (Wildman–Crippen MR) is 179 cm³/mol. The summed E-state index contributed by atoms with van der Waals surface area (Å²) in [6.45, 7) is 12.1. The number of halogens is 2. The molecule has 5 rings (SSSR count). The molecule has 3 heterocycles. The van der Waals surface area contributed by atoms with Crippen LogP contribution in [0.25, 0.3) is 17.0 Å². The number of nitriles is 1. The minimum atomic E-state index is -0.386. The van der Waals surface area contributed by atoms with Crippen LogP contribution in [0.5, 0.6) is 0 Å². The topological polar surface area (TPSA) is 164 Å². The number of alkyl halides is 1. The molecule has 44 heavy (non-hydrogen) atoms. The Bertz CT molecular complexity index is 1920. The van der Waals surface area contributed by atoms with Gasteiger partial charge in [0.1, 0.15) is 11.6 Å². The van der Waals surface area contributed by atoms with Crippen LogP contribution in [-0.4, -0.2) is 36.0 Å². The number of hydrogen-bond donors (Lipinski definition) is 4. The van der Waals surface area contributed by atoms with Crippen molar-refractivity contribution in [3.05, 3.63) is 70.0 Å². The molecule has 0 unspecified atom stereocenters. The lowest BCUT2D eigenvalue weighted by Crippen LogP contribution is -2.19. The van der Waals surface area contributed by atoms with Crippen molar-refractivity contribution in [2.75, 3.05) is 10.6 Å². The highest BCUT2D eigenvalue weighted by molar-refractivity contribution is 14.1. The first-order valence-electron chi connectivity index (χ1n) is 13.7. The van der Waals surface area contributed by atoms with Crippen molar-refractivity contribution < 1.29 is 4.79 Å². The first kappa shape index (κ1) is 31.1. The van der Waals surface area contributed by atoms with E-state index in [1.807, 2.05) is 65.8 Å². The summed E-state index contributed by atoms with van der Waals surface area (Å²) in [4.78, 5) is 17.3. The highest BCUT2D eigenvalue weighted by atomic mass is 127. The third kappa shape index (κ3) is 6.61. The van der Waals surface area contributed by atoms with E-state index in [0.717, 1.165) is 21.2 Å². The van der Waals surface area contributed by atoms with Crippen molar-refractivity contribution in [2.24, 2.45) is 10.2 Å². The molecule has 2 aromatic carbocycles. The number of nitrogens with zero attached hydrogens (tertiary/aromatic N) is 7. The second kappa shape index (κ2) is 12.0. The van der Waals surface area contributed by atoms with Gasteiger partial charge in [-0.05, 0) is 48.0 Å². The first-order chi connectivity index (χ1) is 20.8. The maximum absolute atomic E-state index is 12.6. The molecule has 2 amide bonds. The fourth-order valence-corrected chi connectivity index (χ4v) is 5.20. The second-order valence-electron chi connectivity index (χ2n) is 12.3. The molecule has 0 saturated heterocycles. The fourth-order valence-electron chi connectivity index (χ4n) is 4.50. The number of carbonyl (C=O) groups is 1. The smallest absolute Gasteiger partial charge is 0.308 e. The molecular weight excluding hydrogens is 693 g/mol. The maximum Gasteiger partial charge on any atom is 0.323 e. The van der Waals surface area contributed by atoms with Crippen LogP contribution in [0, 0.1) is 11.3 Å².